The van der Waals surface area contributed by atoms with Crippen LogP contribution < -0.4 is 20.1 Å². The molecular weight excluding hydrogens is 366 g/mol. The number of hydrogen-bond acceptors (Lipinski definition) is 4. The lowest BCUT2D eigenvalue weighted by molar-refractivity contribution is 0.133. The smallest absolute Gasteiger partial charge is 0.191 e. The Hall–Kier alpha value is -2.73. The van der Waals surface area contributed by atoms with Crippen molar-refractivity contribution in [3.05, 3.63) is 59.7 Å². The molecule has 0 fully saturated rings. The van der Waals surface area contributed by atoms with Crippen LogP contribution in [0.4, 0.5) is 0 Å². The van der Waals surface area contributed by atoms with Gasteiger partial charge in [-0.2, -0.15) is 0 Å². The van der Waals surface area contributed by atoms with Gasteiger partial charge in [0, 0.05) is 13.2 Å². The molecule has 2 aromatic carbocycles. The van der Waals surface area contributed by atoms with Gasteiger partial charge in [-0.3, -0.25) is 0 Å². The van der Waals surface area contributed by atoms with E-state index in [1.165, 1.54) is 5.56 Å². The van der Waals surface area contributed by atoms with Crippen LogP contribution in [0.2, 0.25) is 0 Å². The van der Waals surface area contributed by atoms with Crippen molar-refractivity contribution in [1.29, 1.82) is 0 Å². The van der Waals surface area contributed by atoms with Crippen LogP contribution in [-0.2, 0) is 17.9 Å². The Bertz CT molecular complexity index is 765. The number of para-hydroxylation sites is 2. The highest BCUT2D eigenvalue weighted by molar-refractivity contribution is 5.79. The Kier molecular flexibility index (Phi) is 9.86. The zero-order valence-corrected chi connectivity index (χ0v) is 17.9. The number of methoxy groups -OCH3 is 1. The van der Waals surface area contributed by atoms with E-state index in [9.17, 15) is 0 Å². The zero-order chi connectivity index (χ0) is 20.9. The topological polar surface area (TPSA) is 64.1 Å². The molecule has 6 nitrogen and oxygen atoms in total. The van der Waals surface area contributed by atoms with Gasteiger partial charge >= 0.3 is 0 Å². The second-order valence-corrected chi connectivity index (χ2v) is 6.56. The highest BCUT2D eigenvalue weighted by Gasteiger charge is 2.09. The Morgan fingerprint density at radius 3 is 2.34 bits per heavy atom. The molecule has 158 valence electrons. The maximum absolute atomic E-state index is 6.00. The first-order valence-electron chi connectivity index (χ1n) is 10.1. The molecule has 2 aromatic rings. The number of hydrogen-bond donors (Lipinski definition) is 2. The third kappa shape index (κ3) is 7.66. The molecule has 0 aromatic heterocycles. The number of nitrogens with zero attached hydrogens (tertiary/aromatic N) is 1. The molecule has 0 radical (unpaired) electrons. The molecule has 0 saturated heterocycles. The average molecular weight is 400 g/mol. The van der Waals surface area contributed by atoms with Gasteiger partial charge in [0.1, 0.15) is 6.10 Å². The molecule has 2 rings (SSSR count). The highest BCUT2D eigenvalue weighted by Crippen LogP contribution is 2.26. The van der Waals surface area contributed by atoms with Gasteiger partial charge in [-0.1, -0.05) is 36.4 Å². The number of nitrogens with one attached hydrogen (secondary N) is 2. The van der Waals surface area contributed by atoms with Gasteiger partial charge in [-0.15, -0.1) is 0 Å². The minimum absolute atomic E-state index is 0.0552. The van der Waals surface area contributed by atoms with Crippen LogP contribution >= 0.6 is 0 Å². The van der Waals surface area contributed by atoms with Crippen LogP contribution in [0.3, 0.4) is 0 Å². The summed E-state index contributed by atoms with van der Waals surface area (Å²) in [6.45, 7) is 9.36. The molecule has 0 heterocycles. The lowest BCUT2D eigenvalue weighted by Crippen LogP contribution is -2.41. The van der Waals surface area contributed by atoms with Crippen molar-refractivity contribution in [1.82, 2.24) is 10.6 Å². The third-order valence-electron chi connectivity index (χ3n) is 4.29. The maximum atomic E-state index is 6.00. The molecule has 6 heteroatoms. The summed E-state index contributed by atoms with van der Waals surface area (Å²) in [5.41, 5.74) is 2.33. The second kappa shape index (κ2) is 12.7. The fourth-order valence-electron chi connectivity index (χ4n) is 2.79. The van der Waals surface area contributed by atoms with Crippen LogP contribution in [0, 0.1) is 0 Å². The molecule has 0 spiro atoms. The number of guanidine groups is 1. The van der Waals surface area contributed by atoms with Crippen molar-refractivity contribution in [2.45, 2.75) is 40.0 Å². The number of benzene rings is 2. The number of rotatable bonds is 11. The van der Waals surface area contributed by atoms with Gasteiger partial charge in [-0.25, -0.2) is 4.99 Å². The molecule has 0 amide bonds. The van der Waals surface area contributed by atoms with E-state index >= 15 is 0 Å². The molecule has 0 bridgehead atoms. The fourth-order valence-corrected chi connectivity index (χ4v) is 2.79. The summed E-state index contributed by atoms with van der Waals surface area (Å²) in [5, 5.41) is 6.64. The molecule has 0 aliphatic carbocycles. The van der Waals surface area contributed by atoms with Gasteiger partial charge in [-0.05, 0) is 44.0 Å². The number of aliphatic imine (C=N–C) groups is 1. The van der Waals surface area contributed by atoms with Crippen molar-refractivity contribution in [2.24, 2.45) is 4.99 Å². The Morgan fingerprint density at radius 1 is 0.966 bits per heavy atom. The summed E-state index contributed by atoms with van der Waals surface area (Å²) < 4.78 is 16.9. The first-order chi connectivity index (χ1) is 14.2. The predicted octanol–water partition coefficient (Wildman–Crippen LogP) is 3.75. The summed E-state index contributed by atoms with van der Waals surface area (Å²) >= 11 is 0. The van der Waals surface area contributed by atoms with E-state index in [2.05, 4.69) is 29.7 Å². The van der Waals surface area contributed by atoms with Crippen LogP contribution in [-0.4, -0.2) is 38.9 Å². The van der Waals surface area contributed by atoms with E-state index < -0.39 is 0 Å². The Balaban J connectivity index is 1.95. The zero-order valence-electron chi connectivity index (χ0n) is 17.9. The summed E-state index contributed by atoms with van der Waals surface area (Å²) in [4.78, 5) is 4.72. The van der Waals surface area contributed by atoms with Crippen molar-refractivity contribution >= 4 is 5.96 Å². The standard InChI is InChI=1S/C23H33N3O3/c1-5-24-23(26-16-19-11-7-8-12-20(19)17-28-6-2)25-15-18(3)29-22-14-10-9-13-21(22)27-4/h7-14,18H,5-6,15-17H2,1-4H3,(H2,24,25,26). The Morgan fingerprint density at radius 2 is 1.66 bits per heavy atom. The van der Waals surface area contributed by atoms with E-state index in [1.807, 2.05) is 50.2 Å². The van der Waals surface area contributed by atoms with Crippen molar-refractivity contribution in [3.8, 4) is 11.5 Å². The van der Waals surface area contributed by atoms with Crippen LogP contribution in [0.25, 0.3) is 0 Å². The van der Waals surface area contributed by atoms with E-state index in [0.717, 1.165) is 29.6 Å². The minimum atomic E-state index is -0.0552. The predicted molar refractivity (Wildman–Crippen MR) is 118 cm³/mol. The third-order valence-corrected chi connectivity index (χ3v) is 4.29. The quantitative estimate of drug-likeness (QED) is 0.445. The molecule has 1 atom stereocenters. The Labute approximate surface area is 174 Å². The van der Waals surface area contributed by atoms with Crippen LogP contribution in [0.5, 0.6) is 11.5 Å². The maximum Gasteiger partial charge on any atom is 0.191 e. The molecule has 0 saturated carbocycles. The van der Waals surface area contributed by atoms with E-state index in [1.54, 1.807) is 7.11 Å². The van der Waals surface area contributed by atoms with Gasteiger partial charge < -0.3 is 24.8 Å². The molecule has 0 aliphatic rings. The minimum Gasteiger partial charge on any atom is -0.493 e. The lowest BCUT2D eigenvalue weighted by atomic mass is 10.1. The van der Waals surface area contributed by atoms with Crippen LogP contribution in [0.1, 0.15) is 31.9 Å². The van der Waals surface area contributed by atoms with E-state index in [4.69, 9.17) is 19.2 Å². The van der Waals surface area contributed by atoms with Crippen molar-refractivity contribution in [2.75, 3.05) is 26.8 Å². The van der Waals surface area contributed by atoms with Crippen molar-refractivity contribution < 1.29 is 14.2 Å². The van der Waals surface area contributed by atoms with Gasteiger partial charge in [0.15, 0.2) is 17.5 Å². The van der Waals surface area contributed by atoms with Crippen LogP contribution in [0.15, 0.2) is 53.5 Å². The average Bonchev–Trinajstić information content (AvgIpc) is 2.75. The lowest BCUT2D eigenvalue weighted by Gasteiger charge is -2.19. The fraction of sp³-hybridized carbons (Fsp3) is 0.435. The molecule has 29 heavy (non-hydrogen) atoms. The molecule has 1 unspecified atom stereocenters. The summed E-state index contributed by atoms with van der Waals surface area (Å²) in [6.07, 6.45) is -0.0552. The second-order valence-electron chi connectivity index (χ2n) is 6.56. The monoisotopic (exact) mass is 399 g/mol. The van der Waals surface area contributed by atoms with Gasteiger partial charge in [0.25, 0.3) is 0 Å². The molecular formula is C23H33N3O3. The summed E-state index contributed by atoms with van der Waals surface area (Å²) in [7, 11) is 1.64. The van der Waals surface area contributed by atoms with E-state index in [0.29, 0.717) is 26.3 Å². The highest BCUT2D eigenvalue weighted by atomic mass is 16.5. The van der Waals surface area contributed by atoms with Gasteiger partial charge in [0.05, 0.1) is 26.8 Å². The summed E-state index contributed by atoms with van der Waals surface area (Å²) in [6, 6.07) is 15.9. The first-order valence-corrected chi connectivity index (χ1v) is 10.1. The molecule has 0 aliphatic heterocycles. The SMILES string of the molecule is CCNC(=NCc1ccccc1COCC)NCC(C)Oc1ccccc1OC. The largest absolute Gasteiger partial charge is 0.493 e. The normalized spacial score (nSPS) is 12.3. The van der Waals surface area contributed by atoms with E-state index in [-0.39, 0.29) is 6.10 Å². The summed E-state index contributed by atoms with van der Waals surface area (Å²) in [5.74, 6) is 2.22. The first kappa shape index (κ1) is 22.6. The number of ether oxygens (including phenoxy) is 3. The van der Waals surface area contributed by atoms with Crippen molar-refractivity contribution in [3.63, 3.8) is 0 Å². The molecule has 2 N–H and O–H groups in total. The van der Waals surface area contributed by atoms with Gasteiger partial charge in [0.2, 0.25) is 0 Å².